The number of amides is 1. The number of aliphatic hydroxyl groups is 1. The summed E-state index contributed by atoms with van der Waals surface area (Å²) >= 11 is 0. The van der Waals surface area contributed by atoms with E-state index in [4.69, 9.17) is 0 Å². The van der Waals surface area contributed by atoms with Crippen molar-refractivity contribution in [2.45, 2.75) is 39.8 Å². The summed E-state index contributed by atoms with van der Waals surface area (Å²) in [4.78, 5) is 11.0. The summed E-state index contributed by atoms with van der Waals surface area (Å²) in [6.07, 6.45) is -0.877. The van der Waals surface area contributed by atoms with Gasteiger partial charge < -0.3 is 10.4 Å². The highest BCUT2D eigenvalue weighted by Gasteiger charge is 2.18. The van der Waals surface area contributed by atoms with Crippen molar-refractivity contribution in [2.24, 2.45) is 5.92 Å². The van der Waals surface area contributed by atoms with Gasteiger partial charge in [0.1, 0.15) is 6.10 Å². The van der Waals surface area contributed by atoms with Crippen LogP contribution < -0.4 is 5.32 Å². The first-order chi connectivity index (χ1) is 4.95. The van der Waals surface area contributed by atoms with Crippen LogP contribution in [0.3, 0.4) is 0 Å². The lowest BCUT2D eigenvalue weighted by atomic mass is 10.1. The number of carbonyl (C=O) groups is 1. The van der Waals surface area contributed by atoms with Gasteiger partial charge in [-0.05, 0) is 19.8 Å². The van der Waals surface area contributed by atoms with Crippen LogP contribution in [0.15, 0.2) is 0 Å². The fraction of sp³-hybridized carbons (Fsp3) is 0.875. The van der Waals surface area contributed by atoms with Gasteiger partial charge in [0.25, 0.3) is 0 Å². The molecule has 1 amide bonds. The Labute approximate surface area is 67.8 Å². The second kappa shape index (κ2) is 4.34. The van der Waals surface area contributed by atoms with Crippen LogP contribution in [0.1, 0.15) is 27.7 Å². The first kappa shape index (κ1) is 10.4. The second-order valence-electron chi connectivity index (χ2n) is 3.35. The van der Waals surface area contributed by atoms with E-state index in [0.29, 0.717) is 0 Å². The Morgan fingerprint density at radius 3 is 2.00 bits per heavy atom. The molecule has 66 valence electrons. The van der Waals surface area contributed by atoms with E-state index in [1.807, 2.05) is 27.7 Å². The molecule has 0 saturated carbocycles. The molecule has 11 heavy (non-hydrogen) atoms. The summed E-state index contributed by atoms with van der Waals surface area (Å²) in [5.74, 6) is -0.302. The molecule has 0 aliphatic carbocycles. The Hall–Kier alpha value is -0.570. The molecule has 0 spiro atoms. The quantitative estimate of drug-likeness (QED) is 0.631. The normalized spacial score (nSPS) is 13.7. The van der Waals surface area contributed by atoms with E-state index in [1.165, 1.54) is 0 Å². The van der Waals surface area contributed by atoms with Crippen LogP contribution in [0.2, 0.25) is 0 Å². The minimum Gasteiger partial charge on any atom is -0.383 e. The molecule has 0 rings (SSSR count). The van der Waals surface area contributed by atoms with Gasteiger partial charge in [-0.25, -0.2) is 0 Å². The van der Waals surface area contributed by atoms with E-state index in [0.717, 1.165) is 0 Å². The molecule has 0 saturated heterocycles. The van der Waals surface area contributed by atoms with E-state index in [2.05, 4.69) is 5.32 Å². The number of carbonyl (C=O) groups excluding carboxylic acids is 1. The van der Waals surface area contributed by atoms with Gasteiger partial charge in [-0.15, -0.1) is 0 Å². The van der Waals surface area contributed by atoms with Crippen molar-refractivity contribution >= 4 is 5.91 Å². The average molecular weight is 159 g/mol. The van der Waals surface area contributed by atoms with Gasteiger partial charge in [-0.2, -0.15) is 0 Å². The van der Waals surface area contributed by atoms with Gasteiger partial charge in [-0.3, -0.25) is 4.79 Å². The molecule has 2 N–H and O–H groups in total. The molecule has 1 atom stereocenters. The van der Waals surface area contributed by atoms with Crippen molar-refractivity contribution in [1.29, 1.82) is 0 Å². The third-order valence-corrected chi connectivity index (χ3v) is 1.33. The second-order valence-corrected chi connectivity index (χ2v) is 3.35. The number of hydrogen-bond acceptors (Lipinski definition) is 2. The van der Waals surface area contributed by atoms with Crippen LogP contribution in [0.5, 0.6) is 0 Å². The molecule has 0 aromatic carbocycles. The van der Waals surface area contributed by atoms with Crippen molar-refractivity contribution in [2.75, 3.05) is 0 Å². The zero-order valence-electron chi connectivity index (χ0n) is 7.59. The standard InChI is InChI=1S/C8H17NO2/c1-5(2)7(10)8(11)9-6(3)4/h5-7,10H,1-4H3,(H,9,11)/t7-/m0/s1. The summed E-state index contributed by atoms with van der Waals surface area (Å²) in [6, 6.07) is 0.0934. The Balaban J connectivity index is 3.83. The topological polar surface area (TPSA) is 49.3 Å². The lowest BCUT2D eigenvalue weighted by molar-refractivity contribution is -0.131. The maximum Gasteiger partial charge on any atom is 0.249 e. The number of nitrogens with one attached hydrogen (secondary N) is 1. The van der Waals surface area contributed by atoms with E-state index in [-0.39, 0.29) is 17.9 Å². The molecular weight excluding hydrogens is 142 g/mol. The maximum atomic E-state index is 11.0. The highest BCUT2D eigenvalue weighted by Crippen LogP contribution is 2.00. The minimum atomic E-state index is -0.877. The van der Waals surface area contributed by atoms with E-state index in [9.17, 15) is 9.90 Å². The molecule has 3 nitrogen and oxygen atoms in total. The molecule has 0 aromatic rings. The fourth-order valence-electron chi connectivity index (χ4n) is 0.673. The van der Waals surface area contributed by atoms with Crippen LogP contribution in [-0.2, 0) is 4.79 Å². The third kappa shape index (κ3) is 3.98. The first-order valence-corrected chi connectivity index (χ1v) is 3.93. The van der Waals surface area contributed by atoms with Crippen LogP contribution in [-0.4, -0.2) is 23.2 Å². The number of aliphatic hydroxyl groups excluding tert-OH is 1. The number of rotatable bonds is 3. The van der Waals surface area contributed by atoms with Crippen LogP contribution >= 0.6 is 0 Å². The first-order valence-electron chi connectivity index (χ1n) is 3.93. The largest absolute Gasteiger partial charge is 0.383 e. The summed E-state index contributed by atoms with van der Waals surface area (Å²) in [7, 11) is 0. The summed E-state index contributed by atoms with van der Waals surface area (Å²) in [5, 5.41) is 11.9. The van der Waals surface area contributed by atoms with Crippen LogP contribution in [0, 0.1) is 5.92 Å². The zero-order chi connectivity index (χ0) is 9.02. The summed E-state index contributed by atoms with van der Waals surface area (Å²) in [5.41, 5.74) is 0. The maximum absolute atomic E-state index is 11.0. The van der Waals surface area contributed by atoms with Crippen molar-refractivity contribution in [1.82, 2.24) is 5.32 Å². The Bertz CT molecular complexity index is 132. The van der Waals surface area contributed by atoms with Crippen molar-refractivity contribution in [3.05, 3.63) is 0 Å². The highest BCUT2D eigenvalue weighted by atomic mass is 16.3. The SMILES string of the molecule is CC(C)NC(=O)[C@@H](O)C(C)C. The van der Waals surface area contributed by atoms with E-state index >= 15 is 0 Å². The lowest BCUT2D eigenvalue weighted by Crippen LogP contribution is -2.41. The monoisotopic (exact) mass is 159 g/mol. The summed E-state index contributed by atoms with van der Waals surface area (Å²) < 4.78 is 0. The Kier molecular flexibility index (Phi) is 4.11. The fourth-order valence-corrected chi connectivity index (χ4v) is 0.673. The average Bonchev–Trinajstić information content (AvgIpc) is 1.84. The molecule has 0 radical (unpaired) electrons. The molecule has 0 heterocycles. The molecule has 0 aromatic heterocycles. The van der Waals surface area contributed by atoms with Crippen LogP contribution in [0.4, 0.5) is 0 Å². The number of hydrogen-bond donors (Lipinski definition) is 2. The molecule has 3 heteroatoms. The Morgan fingerprint density at radius 1 is 1.27 bits per heavy atom. The zero-order valence-corrected chi connectivity index (χ0v) is 7.59. The van der Waals surface area contributed by atoms with Gasteiger partial charge in [0.2, 0.25) is 5.91 Å². The smallest absolute Gasteiger partial charge is 0.249 e. The molecule has 0 unspecified atom stereocenters. The highest BCUT2D eigenvalue weighted by molar-refractivity contribution is 5.80. The molecule has 0 fully saturated rings. The van der Waals surface area contributed by atoms with Gasteiger partial charge >= 0.3 is 0 Å². The third-order valence-electron chi connectivity index (χ3n) is 1.33. The van der Waals surface area contributed by atoms with Gasteiger partial charge in [0, 0.05) is 6.04 Å². The summed E-state index contributed by atoms with van der Waals surface area (Å²) in [6.45, 7) is 7.35. The lowest BCUT2D eigenvalue weighted by Gasteiger charge is -2.15. The van der Waals surface area contributed by atoms with Crippen molar-refractivity contribution in [3.63, 3.8) is 0 Å². The van der Waals surface area contributed by atoms with Gasteiger partial charge in [0.15, 0.2) is 0 Å². The van der Waals surface area contributed by atoms with Crippen molar-refractivity contribution in [3.8, 4) is 0 Å². The van der Waals surface area contributed by atoms with Crippen molar-refractivity contribution < 1.29 is 9.90 Å². The molecule has 0 bridgehead atoms. The van der Waals surface area contributed by atoms with Gasteiger partial charge in [0.05, 0.1) is 0 Å². The molecule has 0 aliphatic rings. The van der Waals surface area contributed by atoms with E-state index < -0.39 is 6.10 Å². The molecule has 0 aliphatic heterocycles. The van der Waals surface area contributed by atoms with E-state index in [1.54, 1.807) is 0 Å². The van der Waals surface area contributed by atoms with Gasteiger partial charge in [-0.1, -0.05) is 13.8 Å². The van der Waals surface area contributed by atoms with Crippen LogP contribution in [0.25, 0.3) is 0 Å². The Morgan fingerprint density at radius 2 is 1.73 bits per heavy atom. The predicted molar refractivity (Wildman–Crippen MR) is 44.1 cm³/mol. The molecular formula is C8H17NO2. The predicted octanol–water partition coefficient (Wildman–Crippen LogP) is 0.528. The minimum absolute atomic E-state index is 0.0197.